The van der Waals surface area contributed by atoms with Crippen molar-refractivity contribution in [3.8, 4) is 22.3 Å². The molecule has 0 fully saturated rings. The van der Waals surface area contributed by atoms with Crippen LogP contribution in [0.15, 0.2) is 92.9 Å². The van der Waals surface area contributed by atoms with Gasteiger partial charge in [0.05, 0.1) is 16.8 Å². The van der Waals surface area contributed by atoms with Gasteiger partial charge in [0.25, 0.3) is 5.91 Å². The number of halogens is 2. The molecule has 0 atom stereocenters. The molecule has 4 aromatic rings. The number of ketones is 1. The van der Waals surface area contributed by atoms with Crippen molar-refractivity contribution < 1.29 is 28.5 Å². The summed E-state index contributed by atoms with van der Waals surface area (Å²) in [5, 5.41) is 3.15. The van der Waals surface area contributed by atoms with Crippen molar-refractivity contribution in [1.82, 2.24) is 5.32 Å². The van der Waals surface area contributed by atoms with Crippen LogP contribution in [0.5, 0.6) is 0 Å². The van der Waals surface area contributed by atoms with Crippen molar-refractivity contribution in [2.75, 3.05) is 54.9 Å². The third kappa shape index (κ3) is 5.82. The topological polar surface area (TPSA) is 83.1 Å². The lowest BCUT2D eigenvalue weighted by atomic mass is 9.72. The van der Waals surface area contributed by atoms with Crippen LogP contribution in [-0.2, 0) is 39.4 Å². The Bertz CT molecular complexity index is 2100. The molecule has 0 aromatic heterocycles. The van der Waals surface area contributed by atoms with Crippen molar-refractivity contribution in [2.45, 2.75) is 42.9 Å². The summed E-state index contributed by atoms with van der Waals surface area (Å²) in [7, 11) is 6.93. The lowest BCUT2D eigenvalue weighted by Crippen LogP contribution is -2.29. The van der Waals surface area contributed by atoms with E-state index in [4.69, 9.17) is 18.9 Å². The van der Waals surface area contributed by atoms with Crippen LogP contribution in [0.25, 0.3) is 33.5 Å². The molecule has 278 valence electrons. The minimum Gasteiger partial charge on any atom is -0.385 e. The second-order valence-electron chi connectivity index (χ2n) is 14.7. The van der Waals surface area contributed by atoms with Gasteiger partial charge < -0.3 is 24.3 Å². The predicted octanol–water partition coefficient (Wildman–Crippen LogP) is 9.16. The van der Waals surface area contributed by atoms with Crippen molar-refractivity contribution in [3.05, 3.63) is 126 Å². The maximum Gasteiger partial charge on any atom is 0.256 e. The number of fused-ring (bicyclic) bond motifs is 7. The van der Waals surface area contributed by atoms with Gasteiger partial charge in [0.2, 0.25) is 0 Å². The van der Waals surface area contributed by atoms with Gasteiger partial charge in [-0.25, -0.2) is 0 Å². The Kier molecular flexibility index (Phi) is 10.2. The molecule has 0 bridgehead atoms. The lowest BCUT2D eigenvalue weighted by Gasteiger charge is -2.32. The van der Waals surface area contributed by atoms with E-state index in [-0.39, 0.29) is 28.9 Å². The van der Waals surface area contributed by atoms with Crippen LogP contribution >= 0.6 is 31.9 Å². The Morgan fingerprint density at radius 1 is 0.556 bits per heavy atom. The standard InChI is InChI=1S/C45H43Br2NO6/c1-51-17-13-44(14-18-52-2)35-21-26(5-9-30(35)32-11-7-28(46)23-37(32)44)34-25-39(49)41-40(34)43(50)48-42(41)27-6-10-31-33-12-8-29(47)24-38(33)45(15-19-53-3,16-20-54-4)36(31)22-27/h5-12,21-24H,13-20,25H2,1-4H3,(H,48,50). The number of carbonyl (C=O) groups excluding carboxylic acids is 2. The number of Topliss-reactive ketones (excluding diaryl/α,β-unsaturated/α-hetero) is 1. The van der Waals surface area contributed by atoms with Gasteiger partial charge >= 0.3 is 0 Å². The Balaban J connectivity index is 1.26. The highest BCUT2D eigenvalue weighted by molar-refractivity contribution is 9.10. The summed E-state index contributed by atoms with van der Waals surface area (Å²) >= 11 is 7.44. The summed E-state index contributed by atoms with van der Waals surface area (Å²) in [5.41, 5.74) is 12.7. The van der Waals surface area contributed by atoms with Crippen LogP contribution < -0.4 is 5.32 Å². The Hall–Kier alpha value is -3.70. The minimum absolute atomic E-state index is 0.0520. The molecule has 1 amide bonds. The van der Waals surface area contributed by atoms with Gasteiger partial charge in [-0.2, -0.15) is 0 Å². The summed E-state index contributed by atoms with van der Waals surface area (Å²) in [5.74, 6) is -0.292. The number of hydrogen-bond acceptors (Lipinski definition) is 6. The highest BCUT2D eigenvalue weighted by Gasteiger charge is 2.46. The second kappa shape index (κ2) is 14.8. The van der Waals surface area contributed by atoms with Crippen LogP contribution in [0, 0.1) is 0 Å². The number of ether oxygens (including phenoxy) is 4. The first-order valence-corrected chi connectivity index (χ1v) is 20.0. The average molecular weight is 854 g/mol. The number of carbonyl (C=O) groups is 2. The van der Waals surface area contributed by atoms with E-state index < -0.39 is 0 Å². The fourth-order valence-corrected chi connectivity index (χ4v) is 10.3. The molecule has 4 aliphatic rings. The van der Waals surface area contributed by atoms with Gasteiger partial charge in [-0.3, -0.25) is 9.59 Å². The molecular weight excluding hydrogens is 810 g/mol. The average Bonchev–Trinajstić information content (AvgIpc) is 3.87. The maximum atomic E-state index is 14.1. The van der Waals surface area contributed by atoms with Gasteiger partial charge in [0.1, 0.15) is 0 Å². The van der Waals surface area contributed by atoms with Gasteiger partial charge in [-0.05, 0) is 123 Å². The van der Waals surface area contributed by atoms with Crippen molar-refractivity contribution in [3.63, 3.8) is 0 Å². The van der Waals surface area contributed by atoms with Gasteiger partial charge in [-0.1, -0.05) is 68.3 Å². The molecular formula is C45H43Br2NO6. The molecule has 0 saturated carbocycles. The Labute approximate surface area is 333 Å². The van der Waals surface area contributed by atoms with E-state index in [1.54, 1.807) is 28.4 Å². The molecule has 3 aliphatic carbocycles. The number of allylic oxidation sites excluding steroid dienone is 1. The van der Waals surface area contributed by atoms with Crippen molar-refractivity contribution in [1.29, 1.82) is 0 Å². The van der Waals surface area contributed by atoms with Crippen LogP contribution in [0.4, 0.5) is 0 Å². The molecule has 9 heteroatoms. The summed E-state index contributed by atoms with van der Waals surface area (Å²) in [4.78, 5) is 28.2. The van der Waals surface area contributed by atoms with E-state index in [1.807, 2.05) is 6.07 Å². The highest BCUT2D eigenvalue weighted by atomic mass is 79.9. The van der Waals surface area contributed by atoms with Crippen LogP contribution in [0.3, 0.4) is 0 Å². The molecule has 4 aromatic carbocycles. The zero-order valence-corrected chi connectivity index (χ0v) is 34.2. The third-order valence-electron chi connectivity index (χ3n) is 12.1. The van der Waals surface area contributed by atoms with Gasteiger partial charge in [0, 0.05) is 81.1 Å². The predicted molar refractivity (Wildman–Crippen MR) is 218 cm³/mol. The first kappa shape index (κ1) is 37.2. The second-order valence-corrected chi connectivity index (χ2v) is 16.5. The quantitative estimate of drug-likeness (QED) is 0.136. The molecule has 1 N–H and O–H groups in total. The lowest BCUT2D eigenvalue weighted by molar-refractivity contribution is -0.116. The van der Waals surface area contributed by atoms with E-state index in [0.717, 1.165) is 68.0 Å². The Morgan fingerprint density at radius 2 is 0.963 bits per heavy atom. The first-order chi connectivity index (χ1) is 26.2. The van der Waals surface area contributed by atoms with Gasteiger partial charge in [-0.15, -0.1) is 0 Å². The highest BCUT2D eigenvalue weighted by Crippen LogP contribution is 2.56. The van der Waals surface area contributed by atoms with E-state index in [9.17, 15) is 9.59 Å². The summed E-state index contributed by atoms with van der Waals surface area (Å²) in [6.45, 7) is 2.29. The third-order valence-corrected chi connectivity index (χ3v) is 13.1. The molecule has 1 heterocycles. The zero-order valence-electron chi connectivity index (χ0n) is 31.0. The van der Waals surface area contributed by atoms with Crippen molar-refractivity contribution in [2.24, 2.45) is 0 Å². The SMILES string of the molecule is COCCC1(CCOC)c2cc(Br)ccc2-c2ccc(C3=C4C(=O)NC(c5ccc6c(c5)C(CCOC)(CCOC)c5cc(Br)ccc5-6)=C4C(=O)C3)cc21. The molecule has 1 aliphatic heterocycles. The molecule has 0 radical (unpaired) electrons. The molecule has 0 spiro atoms. The van der Waals surface area contributed by atoms with Gasteiger partial charge in [0.15, 0.2) is 5.78 Å². The summed E-state index contributed by atoms with van der Waals surface area (Å²) in [6.07, 6.45) is 3.22. The normalized spacial score (nSPS) is 17.1. The summed E-state index contributed by atoms with van der Waals surface area (Å²) in [6, 6.07) is 25.7. The number of amides is 1. The smallest absolute Gasteiger partial charge is 0.256 e. The molecule has 7 nitrogen and oxygen atoms in total. The number of rotatable bonds is 14. The van der Waals surface area contributed by atoms with E-state index in [1.165, 1.54) is 27.8 Å². The molecule has 54 heavy (non-hydrogen) atoms. The van der Waals surface area contributed by atoms with Crippen LogP contribution in [-0.4, -0.2) is 66.6 Å². The van der Waals surface area contributed by atoms with Crippen LogP contribution in [0.2, 0.25) is 0 Å². The Morgan fingerprint density at radius 3 is 1.43 bits per heavy atom. The van der Waals surface area contributed by atoms with E-state index in [2.05, 4.69) is 104 Å². The van der Waals surface area contributed by atoms with E-state index in [0.29, 0.717) is 43.3 Å². The van der Waals surface area contributed by atoms with Crippen LogP contribution in [0.1, 0.15) is 65.5 Å². The molecule has 8 rings (SSSR count). The number of methoxy groups -OCH3 is 4. The largest absolute Gasteiger partial charge is 0.385 e. The molecule has 0 saturated heterocycles. The number of benzene rings is 4. The van der Waals surface area contributed by atoms with E-state index >= 15 is 0 Å². The number of nitrogens with one attached hydrogen (secondary N) is 1. The van der Waals surface area contributed by atoms with Crippen molar-refractivity contribution >= 4 is 54.8 Å². The first-order valence-electron chi connectivity index (χ1n) is 18.4. The summed E-state index contributed by atoms with van der Waals surface area (Å²) < 4.78 is 24.7. The number of hydrogen-bond donors (Lipinski definition) is 1. The fourth-order valence-electron chi connectivity index (χ4n) is 9.55. The zero-order chi connectivity index (χ0) is 37.8. The maximum absolute atomic E-state index is 14.1. The monoisotopic (exact) mass is 851 g/mol. The molecule has 0 unspecified atom stereocenters. The fraction of sp³-hybridized carbons (Fsp3) is 0.333. The minimum atomic E-state index is -0.371.